The number of hydrogen-bond donors (Lipinski definition) is 7. The molecule has 2 aliphatic rings. The Morgan fingerprint density at radius 3 is 1.83 bits per heavy atom. The van der Waals surface area contributed by atoms with Crippen LogP contribution in [0.5, 0.6) is 0 Å². The Morgan fingerprint density at radius 2 is 1.28 bits per heavy atom. The Labute approximate surface area is 303 Å². The summed E-state index contributed by atoms with van der Waals surface area (Å²) >= 11 is 0. The monoisotopic (exact) mass is 778 g/mol. The molecule has 0 saturated carbocycles. The summed E-state index contributed by atoms with van der Waals surface area (Å²) in [4.78, 5) is 59.0. The van der Waals surface area contributed by atoms with E-state index in [0.717, 1.165) is 0 Å². The minimum Gasteiger partial charge on any atom is -0.481 e. The van der Waals surface area contributed by atoms with Crippen LogP contribution < -0.4 is 16.0 Å². The van der Waals surface area contributed by atoms with Crippen molar-refractivity contribution < 1.29 is 63.7 Å². The third kappa shape index (κ3) is 9.72. The van der Waals surface area contributed by atoms with E-state index in [2.05, 4.69) is 24.5 Å². The zero-order valence-electron chi connectivity index (χ0n) is 29.4. The Hall–Kier alpha value is -4.99. The SMILES string of the molecule is CC1=C(C(C)OS(=O)(=O)O)C(=O)N=C1/C=c1\[nH]/c(=C\c2[nH]c(/C=C3\NC(=O)C(C)=C3C(C)OS(=O)(=O)O)c(C)c2CCC(=O)O)c(CCC(=O)O)c1C. The highest BCUT2D eigenvalue weighted by atomic mass is 32.3. The van der Waals surface area contributed by atoms with Gasteiger partial charge in [-0.2, -0.15) is 16.8 Å². The Bertz CT molecular complexity index is 2390. The molecule has 0 saturated heterocycles. The van der Waals surface area contributed by atoms with Crippen LogP contribution in [0.3, 0.4) is 0 Å². The number of aliphatic imine (C=N–C) groups is 1. The smallest absolute Gasteiger partial charge is 0.397 e. The van der Waals surface area contributed by atoms with E-state index >= 15 is 0 Å². The molecule has 2 aliphatic heterocycles. The maximum atomic E-state index is 12.7. The van der Waals surface area contributed by atoms with Crippen LogP contribution in [0, 0.1) is 13.8 Å². The van der Waals surface area contributed by atoms with E-state index in [1.165, 1.54) is 39.8 Å². The van der Waals surface area contributed by atoms with Gasteiger partial charge in [0, 0.05) is 51.8 Å². The first kappa shape index (κ1) is 40.8. The molecule has 0 bridgehead atoms. The molecule has 2 aromatic heterocycles. The standard InChI is InChI=1S/C33H38N4O14S2/c1-14-20(7-9-28(38)39)25(34-22(14)11-24-16(3)31(33(43)36-24)19(6)51-53(47,48)49)13-26-21(8-10-29(40)41)15(2)23(35-26)12-27-30(17(4)32(42)37-27)18(5)50-52(44,45)46/h11-13,18-19,34-35H,7-10H2,1-6H3,(H,37,42)(H,38,39)(H,40,41)(H,44,45,46)(H,47,48,49)/b22-11-,25-13-,27-12-. The van der Waals surface area contributed by atoms with Crippen LogP contribution in [0.25, 0.3) is 18.2 Å². The molecule has 286 valence electrons. The van der Waals surface area contributed by atoms with Crippen molar-refractivity contribution in [1.29, 1.82) is 0 Å². The second kappa shape index (κ2) is 15.5. The first-order valence-corrected chi connectivity index (χ1v) is 18.7. The van der Waals surface area contributed by atoms with Crippen LogP contribution in [0.15, 0.2) is 33.0 Å². The number of carboxylic acid groups (broad SMARTS) is 2. The molecule has 4 rings (SSSR count). The zero-order valence-corrected chi connectivity index (χ0v) is 31.0. The normalized spacial score (nSPS) is 18.0. The van der Waals surface area contributed by atoms with Gasteiger partial charge in [-0.3, -0.25) is 28.3 Å². The number of aromatic nitrogens is 2. The first-order valence-electron chi connectivity index (χ1n) is 15.9. The summed E-state index contributed by atoms with van der Waals surface area (Å²) in [7, 11) is -9.75. The summed E-state index contributed by atoms with van der Waals surface area (Å²) in [5, 5.41) is 22.5. The number of rotatable bonds is 15. The predicted molar refractivity (Wildman–Crippen MR) is 188 cm³/mol. The third-order valence-corrected chi connectivity index (χ3v) is 9.87. The van der Waals surface area contributed by atoms with Crippen molar-refractivity contribution in [2.45, 2.75) is 79.4 Å². The molecule has 2 unspecified atom stereocenters. The fourth-order valence-corrected chi connectivity index (χ4v) is 7.23. The molecule has 53 heavy (non-hydrogen) atoms. The number of nitrogens with one attached hydrogen (secondary N) is 3. The van der Waals surface area contributed by atoms with Gasteiger partial charge in [-0.05, 0) is 100 Å². The number of hydrogen-bond acceptors (Lipinski definition) is 10. The van der Waals surface area contributed by atoms with Gasteiger partial charge in [-0.1, -0.05) is 0 Å². The van der Waals surface area contributed by atoms with Crippen LogP contribution in [0.1, 0.15) is 74.2 Å². The third-order valence-electron chi connectivity index (χ3n) is 8.81. The maximum Gasteiger partial charge on any atom is 0.397 e. The van der Waals surface area contributed by atoms with Gasteiger partial charge in [-0.15, -0.1) is 0 Å². The molecule has 0 fully saturated rings. The summed E-state index contributed by atoms with van der Waals surface area (Å²) in [5.74, 6) is -3.44. The molecule has 0 aliphatic carbocycles. The summed E-state index contributed by atoms with van der Waals surface area (Å²) in [6.45, 7) is 8.99. The van der Waals surface area contributed by atoms with Crippen molar-refractivity contribution in [1.82, 2.24) is 15.3 Å². The summed E-state index contributed by atoms with van der Waals surface area (Å²) in [5.41, 5.74) is 4.00. The number of carboxylic acids is 2. The number of aliphatic carboxylic acids is 2. The largest absolute Gasteiger partial charge is 0.481 e. The number of aromatic amines is 2. The number of H-pyrrole nitrogens is 2. The quantitative estimate of drug-likeness (QED) is 0.125. The maximum absolute atomic E-state index is 12.7. The van der Waals surface area contributed by atoms with E-state index in [-0.39, 0.29) is 59.4 Å². The molecule has 4 heterocycles. The van der Waals surface area contributed by atoms with Crippen molar-refractivity contribution in [3.8, 4) is 0 Å². The molecule has 2 atom stereocenters. The number of carbonyl (C=O) groups is 4. The average molecular weight is 779 g/mol. The zero-order chi connectivity index (χ0) is 39.7. The highest BCUT2D eigenvalue weighted by molar-refractivity contribution is 7.81. The molecule has 2 amide bonds. The topological polar surface area (TPSA) is 292 Å². The molecule has 2 aromatic rings. The van der Waals surface area contributed by atoms with Gasteiger partial charge in [0.1, 0.15) is 12.2 Å². The van der Waals surface area contributed by atoms with Gasteiger partial charge in [0.25, 0.3) is 11.8 Å². The van der Waals surface area contributed by atoms with Gasteiger partial charge in [0.05, 0.1) is 11.3 Å². The van der Waals surface area contributed by atoms with Crippen molar-refractivity contribution in [3.05, 3.63) is 72.3 Å². The summed E-state index contributed by atoms with van der Waals surface area (Å²) in [6.07, 6.45) is 1.70. The van der Waals surface area contributed by atoms with Gasteiger partial charge in [0.2, 0.25) is 0 Å². The molecule has 0 spiro atoms. The number of amides is 2. The van der Waals surface area contributed by atoms with Crippen LogP contribution in [0.4, 0.5) is 0 Å². The fraction of sp³-hybridized carbons (Fsp3) is 0.364. The molecule has 0 aromatic carbocycles. The second-order valence-corrected chi connectivity index (χ2v) is 14.5. The van der Waals surface area contributed by atoms with E-state index in [1.807, 2.05) is 0 Å². The Morgan fingerprint density at radius 1 is 0.736 bits per heavy atom. The molecule has 0 radical (unpaired) electrons. The molecular formula is C33H38N4O14S2. The van der Waals surface area contributed by atoms with Crippen molar-refractivity contribution in [2.75, 3.05) is 0 Å². The molecule has 18 nitrogen and oxygen atoms in total. The summed E-state index contributed by atoms with van der Waals surface area (Å²) in [6, 6.07) is 0. The van der Waals surface area contributed by atoms with Crippen molar-refractivity contribution in [2.24, 2.45) is 4.99 Å². The highest BCUT2D eigenvalue weighted by Crippen LogP contribution is 2.30. The van der Waals surface area contributed by atoms with Crippen molar-refractivity contribution >= 4 is 68.5 Å². The van der Waals surface area contributed by atoms with Gasteiger partial charge in [0.15, 0.2) is 0 Å². The predicted octanol–water partition coefficient (Wildman–Crippen LogP) is 1.10. The van der Waals surface area contributed by atoms with Crippen LogP contribution in [-0.4, -0.2) is 87.8 Å². The second-order valence-electron chi connectivity index (χ2n) is 12.4. The lowest BCUT2D eigenvalue weighted by Gasteiger charge is -2.13. The minimum atomic E-state index is -4.88. The molecule has 7 N–H and O–H groups in total. The van der Waals surface area contributed by atoms with E-state index in [0.29, 0.717) is 44.3 Å². The lowest BCUT2D eigenvalue weighted by molar-refractivity contribution is -0.138. The summed E-state index contributed by atoms with van der Waals surface area (Å²) < 4.78 is 73.0. The molecule has 20 heteroatoms. The minimum absolute atomic E-state index is 0.0572. The van der Waals surface area contributed by atoms with Crippen LogP contribution in [-0.2, 0) is 61.2 Å². The molecular weight excluding hydrogens is 741 g/mol. The number of allylic oxidation sites excluding steroid dienone is 1. The van der Waals surface area contributed by atoms with Crippen LogP contribution in [0.2, 0.25) is 0 Å². The fourth-order valence-electron chi connectivity index (χ4n) is 6.30. The van der Waals surface area contributed by atoms with Gasteiger partial charge >= 0.3 is 32.7 Å². The van der Waals surface area contributed by atoms with E-state index < -0.39 is 56.8 Å². The van der Waals surface area contributed by atoms with E-state index in [4.69, 9.17) is 8.74 Å². The van der Waals surface area contributed by atoms with Crippen LogP contribution >= 0.6 is 0 Å². The lowest BCUT2D eigenvalue weighted by Crippen LogP contribution is -2.20. The average Bonchev–Trinajstić information content (AvgIpc) is 3.65. The van der Waals surface area contributed by atoms with Gasteiger partial charge in [-0.25, -0.2) is 13.4 Å². The number of nitrogens with zero attached hydrogens (tertiary/aromatic N) is 1. The van der Waals surface area contributed by atoms with Crippen molar-refractivity contribution in [3.63, 3.8) is 0 Å². The Kier molecular flexibility index (Phi) is 12.0. The first-order chi connectivity index (χ1) is 24.5. The Balaban J connectivity index is 1.90. The van der Waals surface area contributed by atoms with E-state index in [9.17, 15) is 50.8 Å². The highest BCUT2D eigenvalue weighted by Gasteiger charge is 2.32. The lowest BCUT2D eigenvalue weighted by atomic mass is 10.0. The van der Waals surface area contributed by atoms with Gasteiger partial charge < -0.3 is 25.5 Å². The number of carbonyl (C=O) groups excluding carboxylic acids is 2. The van der Waals surface area contributed by atoms with E-state index in [1.54, 1.807) is 19.9 Å².